The van der Waals surface area contributed by atoms with Gasteiger partial charge < -0.3 is 9.64 Å². The van der Waals surface area contributed by atoms with Crippen LogP contribution in [0.2, 0.25) is 0 Å². The van der Waals surface area contributed by atoms with Crippen molar-refractivity contribution in [1.29, 1.82) is 0 Å². The van der Waals surface area contributed by atoms with Crippen molar-refractivity contribution in [2.45, 2.75) is 52.1 Å². The fourth-order valence-corrected chi connectivity index (χ4v) is 4.95. The van der Waals surface area contributed by atoms with Crippen LogP contribution in [0.3, 0.4) is 0 Å². The number of ketones is 1. The fourth-order valence-electron chi connectivity index (χ4n) is 4.95. The Balaban J connectivity index is 1.37. The van der Waals surface area contributed by atoms with E-state index in [0.29, 0.717) is 30.6 Å². The maximum Gasteiger partial charge on any atom is 0.359 e. The van der Waals surface area contributed by atoms with Gasteiger partial charge in [0.1, 0.15) is 5.82 Å². The maximum absolute atomic E-state index is 13.4. The molecular weight excluding hydrogens is 449 g/mol. The zero-order chi connectivity index (χ0) is 24.7. The van der Waals surface area contributed by atoms with E-state index < -0.39 is 12.1 Å². The average Bonchev–Trinajstić information content (AvgIpc) is 3.46. The van der Waals surface area contributed by atoms with E-state index in [0.717, 1.165) is 41.8 Å². The van der Waals surface area contributed by atoms with E-state index in [4.69, 9.17) is 4.74 Å². The number of nitrogens with zero attached hydrogens (tertiary/aromatic N) is 3. The Hall–Kier alpha value is -3.81. The number of hydrogen-bond donors (Lipinski definition) is 0. The highest BCUT2D eigenvalue weighted by Crippen LogP contribution is 2.30. The molecule has 2 heterocycles. The molecule has 1 aliphatic heterocycles. The molecule has 35 heavy (non-hydrogen) atoms. The lowest BCUT2D eigenvalue weighted by Crippen LogP contribution is -2.26. The fraction of sp³-hybridized carbons (Fsp3) is 0.333. The number of halogens is 1. The summed E-state index contributed by atoms with van der Waals surface area (Å²) in [5.41, 5.74) is 4.80. The van der Waals surface area contributed by atoms with E-state index in [1.807, 2.05) is 0 Å². The summed E-state index contributed by atoms with van der Waals surface area (Å²) in [7, 11) is 0. The van der Waals surface area contributed by atoms with Crippen molar-refractivity contribution in [2.24, 2.45) is 0 Å². The van der Waals surface area contributed by atoms with Crippen LogP contribution in [-0.2, 0) is 28.8 Å². The molecule has 1 amide bonds. The van der Waals surface area contributed by atoms with Gasteiger partial charge >= 0.3 is 5.97 Å². The monoisotopic (exact) mass is 475 g/mol. The molecule has 0 N–H and O–H groups in total. The Morgan fingerprint density at radius 3 is 2.51 bits per heavy atom. The number of fused-ring (bicyclic) bond motifs is 2. The quantitative estimate of drug-likeness (QED) is 0.408. The summed E-state index contributed by atoms with van der Waals surface area (Å²) < 4.78 is 20.7. The van der Waals surface area contributed by atoms with Crippen LogP contribution < -0.4 is 4.90 Å². The van der Waals surface area contributed by atoms with Gasteiger partial charge in [-0.05, 0) is 87.1 Å². The van der Waals surface area contributed by atoms with Crippen molar-refractivity contribution in [2.75, 3.05) is 11.4 Å². The second-order valence-electron chi connectivity index (χ2n) is 9.05. The highest BCUT2D eigenvalue weighted by molar-refractivity contribution is 6.02. The van der Waals surface area contributed by atoms with Crippen LogP contribution in [0.5, 0.6) is 0 Å². The second-order valence-corrected chi connectivity index (χ2v) is 9.05. The van der Waals surface area contributed by atoms with Gasteiger partial charge in [-0.2, -0.15) is 5.10 Å². The van der Waals surface area contributed by atoms with Crippen molar-refractivity contribution in [3.63, 3.8) is 0 Å². The number of benzene rings is 2. The first-order chi connectivity index (χ1) is 16.8. The summed E-state index contributed by atoms with van der Waals surface area (Å²) >= 11 is 0. The third-order valence-corrected chi connectivity index (χ3v) is 6.74. The number of amides is 1. The Labute approximate surface area is 202 Å². The van der Waals surface area contributed by atoms with E-state index in [1.165, 1.54) is 19.1 Å². The molecule has 3 aromatic rings. The van der Waals surface area contributed by atoms with Gasteiger partial charge in [0.15, 0.2) is 11.8 Å². The molecule has 0 fully saturated rings. The molecule has 0 saturated heterocycles. The summed E-state index contributed by atoms with van der Waals surface area (Å²) in [6, 6.07) is 11.2. The minimum absolute atomic E-state index is 0.0338. The lowest BCUT2D eigenvalue weighted by atomic mass is 9.95. The molecule has 0 radical (unpaired) electrons. The average molecular weight is 476 g/mol. The summed E-state index contributed by atoms with van der Waals surface area (Å²) in [5, 5.41) is 4.52. The van der Waals surface area contributed by atoms with Crippen LogP contribution in [0.15, 0.2) is 42.5 Å². The molecule has 5 rings (SSSR count). The first-order valence-electron chi connectivity index (χ1n) is 11.9. The van der Waals surface area contributed by atoms with E-state index in [1.54, 1.807) is 46.8 Å². The van der Waals surface area contributed by atoms with E-state index >= 15 is 0 Å². The number of carbonyl (C=O) groups excluding carboxylic acids is 3. The van der Waals surface area contributed by atoms with Gasteiger partial charge in [0.05, 0.1) is 5.69 Å². The lowest BCUT2D eigenvalue weighted by molar-refractivity contribution is -0.116. The van der Waals surface area contributed by atoms with Crippen molar-refractivity contribution in [3.05, 3.63) is 76.4 Å². The number of ether oxygens (including phenoxy) is 1. The van der Waals surface area contributed by atoms with Gasteiger partial charge in [-0.15, -0.1) is 0 Å². The lowest BCUT2D eigenvalue weighted by Gasteiger charge is -2.16. The van der Waals surface area contributed by atoms with Gasteiger partial charge in [0.2, 0.25) is 11.7 Å². The van der Waals surface area contributed by atoms with Crippen molar-refractivity contribution >= 4 is 23.3 Å². The standard InChI is InChI=1S/C27H26FN3O4/c1-16(26(33)19-7-12-23-18(15-19)13-14-30(23)17(2)32)35-27(34)25-22-5-3-4-6-24(22)31(29-25)21-10-8-20(28)9-11-21/h7-12,15-16H,3-6,13-14H2,1-2H3. The SMILES string of the molecule is CC(=O)N1CCc2cc(C(=O)C(C)OC(=O)c3nn(-c4ccc(F)cc4)c4c3CCCC4)ccc21. The topological polar surface area (TPSA) is 81.5 Å². The molecule has 180 valence electrons. The predicted octanol–water partition coefficient (Wildman–Crippen LogP) is 4.23. The van der Waals surface area contributed by atoms with Gasteiger partial charge in [-0.1, -0.05) is 0 Å². The second kappa shape index (κ2) is 9.09. The van der Waals surface area contributed by atoms with Gasteiger partial charge in [0, 0.05) is 36.0 Å². The third-order valence-electron chi connectivity index (χ3n) is 6.74. The minimum Gasteiger partial charge on any atom is -0.449 e. The van der Waals surface area contributed by atoms with Crippen LogP contribution in [-0.4, -0.2) is 40.1 Å². The Kier molecular flexibility index (Phi) is 5.96. The number of anilines is 1. The number of hydrogen-bond acceptors (Lipinski definition) is 5. The number of carbonyl (C=O) groups is 3. The van der Waals surface area contributed by atoms with Gasteiger partial charge in [-0.3, -0.25) is 9.59 Å². The van der Waals surface area contributed by atoms with E-state index in [9.17, 15) is 18.8 Å². The van der Waals surface area contributed by atoms with Crippen molar-refractivity contribution < 1.29 is 23.5 Å². The van der Waals surface area contributed by atoms with E-state index in [-0.39, 0.29) is 23.2 Å². The first-order valence-corrected chi connectivity index (χ1v) is 11.9. The summed E-state index contributed by atoms with van der Waals surface area (Å²) in [4.78, 5) is 39.6. The molecule has 1 atom stereocenters. The first kappa shape index (κ1) is 23.0. The molecule has 1 unspecified atom stereocenters. The third kappa shape index (κ3) is 4.24. The molecule has 1 aromatic heterocycles. The molecule has 7 nitrogen and oxygen atoms in total. The predicted molar refractivity (Wildman–Crippen MR) is 128 cm³/mol. The Morgan fingerprint density at radius 2 is 1.77 bits per heavy atom. The summed E-state index contributed by atoms with van der Waals surface area (Å²) in [6.45, 7) is 3.67. The van der Waals surface area contributed by atoms with Crippen molar-refractivity contribution in [3.8, 4) is 5.69 Å². The molecule has 0 saturated carbocycles. The van der Waals surface area contributed by atoms with Gasteiger partial charge in [-0.25, -0.2) is 13.9 Å². The van der Waals surface area contributed by atoms with Gasteiger partial charge in [0.25, 0.3) is 0 Å². The van der Waals surface area contributed by atoms with E-state index in [2.05, 4.69) is 5.10 Å². The zero-order valence-electron chi connectivity index (χ0n) is 19.7. The van der Waals surface area contributed by atoms with Crippen molar-refractivity contribution in [1.82, 2.24) is 9.78 Å². The Bertz CT molecular complexity index is 1330. The molecule has 2 aromatic carbocycles. The highest BCUT2D eigenvalue weighted by Gasteiger charge is 2.30. The van der Waals surface area contributed by atoms with Crippen LogP contribution in [0.4, 0.5) is 10.1 Å². The smallest absolute Gasteiger partial charge is 0.359 e. The normalized spacial score (nSPS) is 15.3. The highest BCUT2D eigenvalue weighted by atomic mass is 19.1. The molecule has 2 aliphatic rings. The number of rotatable bonds is 5. The summed E-state index contributed by atoms with van der Waals surface area (Å²) in [5.74, 6) is -1.33. The molecular formula is C27H26FN3O4. The largest absolute Gasteiger partial charge is 0.449 e. The van der Waals surface area contributed by atoms with Crippen LogP contribution in [0.1, 0.15) is 64.4 Å². The molecule has 0 bridgehead atoms. The number of esters is 1. The van der Waals surface area contributed by atoms with Crippen LogP contribution >= 0.6 is 0 Å². The molecule has 0 spiro atoms. The number of aromatic nitrogens is 2. The zero-order valence-corrected chi connectivity index (χ0v) is 19.7. The number of Topliss-reactive ketones (excluding diaryl/α,β-unsaturated/α-hetero) is 1. The maximum atomic E-state index is 13.4. The Morgan fingerprint density at radius 1 is 1.03 bits per heavy atom. The molecule has 8 heteroatoms. The minimum atomic E-state index is -0.999. The summed E-state index contributed by atoms with van der Waals surface area (Å²) in [6.07, 6.45) is 3.04. The molecule has 1 aliphatic carbocycles. The van der Waals surface area contributed by atoms with Crippen LogP contribution in [0, 0.1) is 5.82 Å². The van der Waals surface area contributed by atoms with Crippen LogP contribution in [0.25, 0.3) is 5.69 Å².